The molecule has 0 saturated heterocycles. The van der Waals surface area contributed by atoms with Crippen LogP contribution in [-0.2, 0) is 0 Å². The topological polar surface area (TPSA) is 38.7 Å². The lowest BCUT2D eigenvalue weighted by molar-refractivity contribution is 0.102. The largest absolute Gasteiger partial charge is 0.493 e. The molecule has 0 aliphatic heterocycles. The third kappa shape index (κ3) is 3.13. The SMILES string of the molecule is COc1ccc(C(C)C(O)C(C)C)cc1OC. The summed E-state index contributed by atoms with van der Waals surface area (Å²) in [4.78, 5) is 0. The van der Waals surface area contributed by atoms with Crippen LogP contribution in [-0.4, -0.2) is 25.4 Å². The lowest BCUT2D eigenvalue weighted by Crippen LogP contribution is -2.22. The number of methoxy groups -OCH3 is 2. The maximum atomic E-state index is 10.1. The van der Waals surface area contributed by atoms with E-state index >= 15 is 0 Å². The first kappa shape index (κ1) is 13.8. The molecule has 0 fully saturated rings. The van der Waals surface area contributed by atoms with E-state index in [2.05, 4.69) is 0 Å². The second-order valence-corrected chi connectivity index (χ2v) is 4.64. The minimum atomic E-state index is -0.354. The molecule has 2 unspecified atom stereocenters. The molecule has 3 nitrogen and oxygen atoms in total. The van der Waals surface area contributed by atoms with Crippen LogP contribution in [0.15, 0.2) is 18.2 Å². The highest BCUT2D eigenvalue weighted by molar-refractivity contribution is 5.44. The fourth-order valence-corrected chi connectivity index (χ4v) is 1.91. The summed E-state index contributed by atoms with van der Waals surface area (Å²) in [6, 6.07) is 5.77. The number of hydrogen-bond acceptors (Lipinski definition) is 3. The van der Waals surface area contributed by atoms with Crippen molar-refractivity contribution in [3.63, 3.8) is 0 Å². The molecule has 0 amide bonds. The van der Waals surface area contributed by atoms with Crippen molar-refractivity contribution >= 4 is 0 Å². The van der Waals surface area contributed by atoms with Gasteiger partial charge in [0.2, 0.25) is 0 Å². The minimum absolute atomic E-state index is 0.0785. The maximum absolute atomic E-state index is 10.1. The van der Waals surface area contributed by atoms with Crippen LogP contribution in [0.1, 0.15) is 32.3 Å². The first-order valence-corrected chi connectivity index (χ1v) is 5.91. The van der Waals surface area contributed by atoms with E-state index in [1.807, 2.05) is 39.0 Å². The number of rotatable bonds is 5. The van der Waals surface area contributed by atoms with Crippen molar-refractivity contribution in [3.05, 3.63) is 23.8 Å². The molecule has 0 radical (unpaired) electrons. The van der Waals surface area contributed by atoms with Crippen molar-refractivity contribution in [2.75, 3.05) is 14.2 Å². The Kier molecular flexibility index (Phi) is 4.82. The second-order valence-electron chi connectivity index (χ2n) is 4.64. The smallest absolute Gasteiger partial charge is 0.160 e. The Balaban J connectivity index is 2.99. The van der Waals surface area contributed by atoms with Gasteiger partial charge in [-0.1, -0.05) is 26.8 Å². The third-order valence-electron chi connectivity index (χ3n) is 3.13. The predicted octanol–water partition coefficient (Wildman–Crippen LogP) is 2.82. The molecule has 1 rings (SSSR count). The molecule has 1 N–H and O–H groups in total. The van der Waals surface area contributed by atoms with E-state index in [0.717, 1.165) is 5.56 Å². The van der Waals surface area contributed by atoms with Crippen LogP contribution in [0.3, 0.4) is 0 Å². The van der Waals surface area contributed by atoms with E-state index < -0.39 is 0 Å². The van der Waals surface area contributed by atoms with Gasteiger partial charge in [0, 0.05) is 5.92 Å². The molecular weight excluding hydrogens is 216 g/mol. The predicted molar refractivity (Wildman–Crippen MR) is 68.8 cm³/mol. The highest BCUT2D eigenvalue weighted by Crippen LogP contribution is 2.32. The summed E-state index contributed by atoms with van der Waals surface area (Å²) in [7, 11) is 3.23. The van der Waals surface area contributed by atoms with Crippen molar-refractivity contribution in [1.82, 2.24) is 0 Å². The highest BCUT2D eigenvalue weighted by Gasteiger charge is 2.20. The Hall–Kier alpha value is -1.22. The summed E-state index contributed by atoms with van der Waals surface area (Å²) in [5.41, 5.74) is 1.06. The van der Waals surface area contributed by atoms with Crippen LogP contribution in [0.2, 0.25) is 0 Å². The lowest BCUT2D eigenvalue weighted by atomic mass is 9.89. The van der Waals surface area contributed by atoms with E-state index in [-0.39, 0.29) is 17.9 Å². The first-order valence-electron chi connectivity index (χ1n) is 5.91. The quantitative estimate of drug-likeness (QED) is 0.857. The summed E-state index contributed by atoms with van der Waals surface area (Å²) < 4.78 is 10.5. The van der Waals surface area contributed by atoms with E-state index in [9.17, 15) is 5.11 Å². The average molecular weight is 238 g/mol. The van der Waals surface area contributed by atoms with Crippen LogP contribution >= 0.6 is 0 Å². The van der Waals surface area contributed by atoms with Crippen LogP contribution < -0.4 is 9.47 Å². The zero-order valence-corrected chi connectivity index (χ0v) is 11.2. The molecule has 96 valence electrons. The van der Waals surface area contributed by atoms with E-state index in [0.29, 0.717) is 11.5 Å². The number of aliphatic hydroxyl groups is 1. The molecule has 2 atom stereocenters. The molecule has 0 saturated carbocycles. The number of ether oxygens (including phenoxy) is 2. The van der Waals surface area contributed by atoms with Gasteiger partial charge in [0.1, 0.15) is 0 Å². The Bertz CT molecular complexity index is 360. The Morgan fingerprint density at radius 3 is 2.06 bits per heavy atom. The van der Waals surface area contributed by atoms with Gasteiger partial charge in [-0.25, -0.2) is 0 Å². The summed E-state index contributed by atoms with van der Waals surface area (Å²) in [6.45, 7) is 6.05. The molecule has 1 aromatic carbocycles. The molecule has 1 aromatic rings. The molecule has 17 heavy (non-hydrogen) atoms. The van der Waals surface area contributed by atoms with Crippen molar-refractivity contribution in [2.45, 2.75) is 32.8 Å². The van der Waals surface area contributed by atoms with Crippen molar-refractivity contribution in [2.24, 2.45) is 5.92 Å². The molecule has 0 aliphatic rings. The highest BCUT2D eigenvalue weighted by atomic mass is 16.5. The maximum Gasteiger partial charge on any atom is 0.160 e. The van der Waals surface area contributed by atoms with Gasteiger partial charge in [0.15, 0.2) is 11.5 Å². The fraction of sp³-hybridized carbons (Fsp3) is 0.571. The Labute approximate surface area is 103 Å². The van der Waals surface area contributed by atoms with Gasteiger partial charge in [-0.2, -0.15) is 0 Å². The summed E-state index contributed by atoms with van der Waals surface area (Å²) >= 11 is 0. The van der Waals surface area contributed by atoms with Crippen LogP contribution in [0.5, 0.6) is 11.5 Å². The zero-order chi connectivity index (χ0) is 13.0. The monoisotopic (exact) mass is 238 g/mol. The Morgan fingerprint density at radius 1 is 1.00 bits per heavy atom. The summed E-state index contributed by atoms with van der Waals surface area (Å²) in [6.07, 6.45) is -0.354. The molecule has 0 aliphatic carbocycles. The lowest BCUT2D eigenvalue weighted by Gasteiger charge is -2.23. The Morgan fingerprint density at radius 2 is 1.59 bits per heavy atom. The first-order chi connectivity index (χ1) is 8.01. The molecule has 0 heterocycles. The van der Waals surface area contributed by atoms with Crippen LogP contribution in [0, 0.1) is 5.92 Å². The molecule has 0 spiro atoms. The molecular formula is C14H22O3. The van der Waals surface area contributed by atoms with Gasteiger partial charge in [-0.15, -0.1) is 0 Å². The third-order valence-corrected chi connectivity index (χ3v) is 3.13. The van der Waals surface area contributed by atoms with Gasteiger partial charge in [0.05, 0.1) is 20.3 Å². The molecule has 0 aromatic heterocycles. The second kappa shape index (κ2) is 5.92. The normalized spacial score (nSPS) is 14.5. The van der Waals surface area contributed by atoms with Crippen molar-refractivity contribution < 1.29 is 14.6 Å². The van der Waals surface area contributed by atoms with Gasteiger partial charge in [0.25, 0.3) is 0 Å². The van der Waals surface area contributed by atoms with Crippen LogP contribution in [0.25, 0.3) is 0 Å². The molecule has 3 heteroatoms. The van der Waals surface area contributed by atoms with E-state index in [1.54, 1.807) is 14.2 Å². The van der Waals surface area contributed by atoms with Crippen LogP contribution in [0.4, 0.5) is 0 Å². The summed E-state index contributed by atoms with van der Waals surface area (Å²) in [5, 5.41) is 10.1. The van der Waals surface area contributed by atoms with Crippen molar-refractivity contribution in [1.29, 1.82) is 0 Å². The van der Waals surface area contributed by atoms with Gasteiger partial charge < -0.3 is 14.6 Å². The zero-order valence-electron chi connectivity index (χ0n) is 11.2. The van der Waals surface area contributed by atoms with E-state index in [1.165, 1.54) is 0 Å². The van der Waals surface area contributed by atoms with Crippen molar-refractivity contribution in [3.8, 4) is 11.5 Å². The summed E-state index contributed by atoms with van der Waals surface area (Å²) in [5.74, 6) is 1.73. The van der Waals surface area contributed by atoms with Gasteiger partial charge in [-0.3, -0.25) is 0 Å². The number of hydrogen-bond donors (Lipinski definition) is 1. The average Bonchev–Trinajstić information content (AvgIpc) is 2.35. The standard InChI is InChI=1S/C14H22O3/c1-9(2)14(15)10(3)11-6-7-12(16-4)13(8-11)17-5/h6-10,14-15H,1-5H3. The van der Waals surface area contributed by atoms with Gasteiger partial charge in [-0.05, 0) is 23.6 Å². The number of aliphatic hydroxyl groups excluding tert-OH is 1. The number of benzene rings is 1. The van der Waals surface area contributed by atoms with Gasteiger partial charge >= 0.3 is 0 Å². The molecule has 0 bridgehead atoms. The van der Waals surface area contributed by atoms with E-state index in [4.69, 9.17) is 9.47 Å². The fourth-order valence-electron chi connectivity index (χ4n) is 1.91. The minimum Gasteiger partial charge on any atom is -0.493 e.